The van der Waals surface area contributed by atoms with Crippen LogP contribution in [-0.2, 0) is 24.5 Å². The summed E-state index contributed by atoms with van der Waals surface area (Å²) in [5, 5.41) is 2.37. The van der Waals surface area contributed by atoms with Gasteiger partial charge >= 0.3 is 11.9 Å². The maximum Gasteiger partial charge on any atom is 0.330 e. The molecule has 0 aromatic heterocycles. The summed E-state index contributed by atoms with van der Waals surface area (Å²) < 4.78 is 23.1. The summed E-state index contributed by atoms with van der Waals surface area (Å²) >= 11 is 0. The van der Waals surface area contributed by atoms with Gasteiger partial charge in [-0.3, -0.25) is 0 Å². The molecular formula is C47H48O6. The number of hydrogen-bond acceptors (Lipinski definition) is 6. The number of carbonyl (C=O) groups excluding carboxylic acids is 2. The summed E-state index contributed by atoms with van der Waals surface area (Å²) in [7, 11) is 0. The number of carbonyl (C=O) groups is 2. The van der Waals surface area contributed by atoms with Crippen LogP contribution in [0.25, 0.3) is 21.9 Å². The average molecular weight is 709 g/mol. The fourth-order valence-electron chi connectivity index (χ4n) is 6.95. The summed E-state index contributed by atoms with van der Waals surface area (Å²) in [6, 6.07) is 34.7. The normalized spacial score (nSPS) is 13.1. The van der Waals surface area contributed by atoms with Crippen molar-refractivity contribution in [3.8, 4) is 22.6 Å². The zero-order valence-electron chi connectivity index (χ0n) is 31.6. The van der Waals surface area contributed by atoms with Crippen molar-refractivity contribution in [2.45, 2.75) is 47.0 Å². The highest BCUT2D eigenvalue weighted by Gasteiger charge is 2.46. The molecule has 0 saturated carbocycles. The van der Waals surface area contributed by atoms with Gasteiger partial charge in [-0.15, -0.1) is 0 Å². The van der Waals surface area contributed by atoms with Gasteiger partial charge in [-0.1, -0.05) is 102 Å². The van der Waals surface area contributed by atoms with Crippen molar-refractivity contribution in [2.24, 2.45) is 10.8 Å². The lowest BCUT2D eigenvalue weighted by Gasteiger charge is -2.34. The van der Waals surface area contributed by atoms with Crippen molar-refractivity contribution in [2.75, 3.05) is 26.4 Å². The second-order valence-electron chi connectivity index (χ2n) is 15.6. The molecule has 0 radical (unpaired) electrons. The quantitative estimate of drug-likeness (QED) is 0.0829. The molecular weight excluding hydrogens is 661 g/mol. The Kier molecular flexibility index (Phi) is 10.4. The van der Waals surface area contributed by atoms with Crippen LogP contribution in [0.15, 0.2) is 122 Å². The van der Waals surface area contributed by atoms with E-state index in [1.807, 2.05) is 52.0 Å². The molecule has 0 bridgehead atoms. The Morgan fingerprint density at radius 1 is 0.585 bits per heavy atom. The van der Waals surface area contributed by atoms with Gasteiger partial charge in [0.15, 0.2) is 0 Å². The Balaban J connectivity index is 1.42. The van der Waals surface area contributed by atoms with Crippen LogP contribution in [0.1, 0.15) is 61.1 Å². The van der Waals surface area contributed by atoms with Crippen LogP contribution in [0, 0.1) is 24.7 Å². The van der Waals surface area contributed by atoms with Crippen molar-refractivity contribution in [3.63, 3.8) is 0 Å². The molecule has 0 atom stereocenters. The van der Waals surface area contributed by atoms with Crippen LogP contribution in [-0.4, -0.2) is 38.4 Å². The van der Waals surface area contributed by atoms with E-state index in [1.165, 1.54) is 56.3 Å². The zero-order valence-corrected chi connectivity index (χ0v) is 31.6. The largest absolute Gasteiger partial charge is 0.493 e. The Bertz CT molecular complexity index is 2090. The standard InChI is InChI=1S/C47H48O6/c1-9-43(48)52-29-45(5,6)27-50-37-19-15-35(16-20-37)47(36-17-21-38(22-18-36)51-28-46(7,8)30-53-44(49)10-2)41-24-32(4)31(3)23-39(41)40-25-33-13-11-12-14-34(33)26-42(40)47/h9-26H,1-2,27-30H2,3-8H3. The molecule has 1 aliphatic rings. The van der Waals surface area contributed by atoms with Crippen LogP contribution in [0.4, 0.5) is 0 Å². The second-order valence-corrected chi connectivity index (χ2v) is 15.6. The van der Waals surface area contributed by atoms with E-state index in [9.17, 15) is 9.59 Å². The molecule has 53 heavy (non-hydrogen) atoms. The van der Waals surface area contributed by atoms with Crippen LogP contribution in [0.5, 0.6) is 11.5 Å². The van der Waals surface area contributed by atoms with E-state index in [4.69, 9.17) is 18.9 Å². The van der Waals surface area contributed by atoms with Crippen LogP contribution in [0.3, 0.4) is 0 Å². The first kappa shape index (κ1) is 37.1. The summed E-state index contributed by atoms with van der Waals surface area (Å²) in [5.41, 5.74) is 8.15. The maximum absolute atomic E-state index is 11.7. The molecule has 5 aromatic rings. The molecule has 6 nitrogen and oxygen atoms in total. The number of hydrogen-bond donors (Lipinski definition) is 0. The van der Waals surface area contributed by atoms with Crippen LogP contribution < -0.4 is 9.47 Å². The van der Waals surface area contributed by atoms with E-state index in [1.54, 1.807) is 0 Å². The second kappa shape index (κ2) is 14.8. The lowest BCUT2D eigenvalue weighted by atomic mass is 9.67. The van der Waals surface area contributed by atoms with Gasteiger partial charge in [0.05, 0.1) is 31.8 Å². The SMILES string of the molecule is C=CC(=O)OCC(C)(C)COc1ccc(C2(c3ccc(OCC(C)(C)COC(=O)C=C)cc3)c3cc(C)c(C)cc3-c3cc4ccccc4cc32)cc1. The van der Waals surface area contributed by atoms with E-state index in [0.29, 0.717) is 13.2 Å². The molecule has 0 spiro atoms. The summed E-state index contributed by atoms with van der Waals surface area (Å²) in [5.74, 6) is 0.569. The van der Waals surface area contributed by atoms with Gasteiger partial charge in [0.25, 0.3) is 0 Å². The molecule has 272 valence electrons. The molecule has 0 unspecified atom stereocenters. The Labute approximate surface area is 313 Å². The first-order chi connectivity index (χ1) is 25.3. The van der Waals surface area contributed by atoms with Gasteiger partial charge in [0, 0.05) is 23.0 Å². The van der Waals surface area contributed by atoms with Crippen molar-refractivity contribution in [1.29, 1.82) is 0 Å². The van der Waals surface area contributed by atoms with Gasteiger partial charge in [-0.2, -0.15) is 0 Å². The average Bonchev–Trinajstić information content (AvgIpc) is 3.42. The number of esters is 2. The van der Waals surface area contributed by atoms with Crippen LogP contribution in [0.2, 0.25) is 0 Å². The smallest absolute Gasteiger partial charge is 0.330 e. The van der Waals surface area contributed by atoms with E-state index in [-0.39, 0.29) is 13.2 Å². The molecule has 0 amide bonds. The topological polar surface area (TPSA) is 71.1 Å². The lowest BCUT2D eigenvalue weighted by molar-refractivity contribution is -0.142. The van der Waals surface area contributed by atoms with E-state index in [0.717, 1.165) is 22.6 Å². The summed E-state index contributed by atoms with van der Waals surface area (Å²) in [4.78, 5) is 23.3. The zero-order chi connectivity index (χ0) is 38.0. The maximum atomic E-state index is 11.7. The number of fused-ring (bicyclic) bond motifs is 4. The highest BCUT2D eigenvalue weighted by Crippen LogP contribution is 2.57. The van der Waals surface area contributed by atoms with E-state index >= 15 is 0 Å². The van der Waals surface area contributed by atoms with Crippen molar-refractivity contribution in [3.05, 3.63) is 156 Å². The molecule has 6 rings (SSSR count). The Morgan fingerprint density at radius 2 is 1.00 bits per heavy atom. The number of aryl methyl sites for hydroxylation is 2. The lowest BCUT2D eigenvalue weighted by Crippen LogP contribution is -2.29. The predicted molar refractivity (Wildman–Crippen MR) is 212 cm³/mol. The van der Waals surface area contributed by atoms with Gasteiger partial charge < -0.3 is 18.9 Å². The third-order valence-electron chi connectivity index (χ3n) is 10.00. The van der Waals surface area contributed by atoms with Crippen LogP contribution >= 0.6 is 0 Å². The highest BCUT2D eigenvalue weighted by atomic mass is 16.5. The molecule has 0 N–H and O–H groups in total. The molecule has 6 heteroatoms. The minimum absolute atomic E-state index is 0.222. The molecule has 5 aromatic carbocycles. The highest BCUT2D eigenvalue weighted by molar-refractivity contribution is 5.96. The fourth-order valence-corrected chi connectivity index (χ4v) is 6.95. The summed E-state index contributed by atoms with van der Waals surface area (Å²) in [6.45, 7) is 20.5. The van der Waals surface area contributed by atoms with Crippen molar-refractivity contribution in [1.82, 2.24) is 0 Å². The molecule has 0 fully saturated rings. The molecule has 0 heterocycles. The van der Waals surface area contributed by atoms with Gasteiger partial charge in [-0.25, -0.2) is 9.59 Å². The molecule has 0 aliphatic heterocycles. The summed E-state index contributed by atoms with van der Waals surface area (Å²) in [6.07, 6.45) is 2.34. The number of rotatable bonds is 14. The van der Waals surface area contributed by atoms with Gasteiger partial charge in [0.1, 0.15) is 11.5 Å². The first-order valence-electron chi connectivity index (χ1n) is 18.0. The molecule has 1 aliphatic carbocycles. The molecule has 0 saturated heterocycles. The van der Waals surface area contributed by atoms with Gasteiger partial charge in [-0.05, 0) is 106 Å². The first-order valence-corrected chi connectivity index (χ1v) is 18.0. The minimum Gasteiger partial charge on any atom is -0.493 e. The minimum atomic E-state index is -0.638. The third-order valence-corrected chi connectivity index (χ3v) is 10.00. The third kappa shape index (κ3) is 7.64. The Hall–Kier alpha value is -5.62. The number of benzene rings is 5. The number of ether oxygens (including phenoxy) is 4. The van der Waals surface area contributed by atoms with Crippen molar-refractivity contribution >= 4 is 22.7 Å². The monoisotopic (exact) mass is 708 g/mol. The van der Waals surface area contributed by atoms with E-state index in [2.05, 4.69) is 99.8 Å². The van der Waals surface area contributed by atoms with E-state index < -0.39 is 28.2 Å². The van der Waals surface area contributed by atoms with Crippen molar-refractivity contribution < 1.29 is 28.5 Å². The predicted octanol–water partition coefficient (Wildman–Crippen LogP) is 10.1. The fraction of sp³-hybridized carbons (Fsp3) is 0.277. The van der Waals surface area contributed by atoms with Gasteiger partial charge in [0.2, 0.25) is 0 Å². The Morgan fingerprint density at radius 3 is 1.47 bits per heavy atom.